The van der Waals surface area contributed by atoms with E-state index in [0.717, 1.165) is 0 Å². The van der Waals surface area contributed by atoms with E-state index < -0.39 is 11.6 Å². The molecule has 1 spiro atoms. The van der Waals surface area contributed by atoms with E-state index in [4.69, 9.17) is 15.0 Å². The van der Waals surface area contributed by atoms with Gasteiger partial charge in [0.05, 0.1) is 16.8 Å². The van der Waals surface area contributed by atoms with E-state index in [2.05, 4.69) is 10.0 Å². The maximum atomic E-state index is 12.7. The van der Waals surface area contributed by atoms with Gasteiger partial charge in [-0.3, -0.25) is 0 Å². The lowest BCUT2D eigenvalue weighted by molar-refractivity contribution is 0.0226. The number of carbonyl (C=O) groups is 1. The summed E-state index contributed by atoms with van der Waals surface area (Å²) < 4.78 is 11.8. The minimum Gasteiger partial charge on any atom is -0.508 e. The Hall–Kier alpha value is -4.16. The number of esters is 1. The number of nitrogens with zero attached hydrogens (tertiary/aromatic N) is 3. The summed E-state index contributed by atoms with van der Waals surface area (Å²) in [5, 5.41) is 23.6. The first-order chi connectivity index (χ1) is 13.5. The highest BCUT2D eigenvalue weighted by molar-refractivity contribution is 5.97. The standard InChI is InChI=1S/C20H11N3O5/c21-23-22-15-7-11(25)9-17-18(15)20(14-6-5-10(24)8-16(14)27-17)13-4-2-1-3-12(13)19(26)28-20/h1-9,24-25H. The van der Waals surface area contributed by atoms with E-state index >= 15 is 0 Å². The van der Waals surface area contributed by atoms with Crippen molar-refractivity contribution >= 4 is 11.7 Å². The molecule has 0 aliphatic carbocycles. The van der Waals surface area contributed by atoms with Crippen LogP contribution in [0.3, 0.4) is 0 Å². The van der Waals surface area contributed by atoms with Crippen LogP contribution in [0.4, 0.5) is 5.69 Å². The Bertz CT molecular complexity index is 1230. The number of phenolic OH excluding ortho intramolecular Hbond substituents is 2. The lowest BCUT2D eigenvalue weighted by atomic mass is 9.77. The van der Waals surface area contributed by atoms with Gasteiger partial charge in [-0.25, -0.2) is 4.79 Å². The fourth-order valence-electron chi connectivity index (χ4n) is 3.89. The topological polar surface area (TPSA) is 125 Å². The zero-order chi connectivity index (χ0) is 19.5. The van der Waals surface area contributed by atoms with Crippen LogP contribution in [0, 0.1) is 0 Å². The van der Waals surface area contributed by atoms with Crippen molar-refractivity contribution in [3.8, 4) is 23.0 Å². The zero-order valence-corrected chi connectivity index (χ0v) is 14.2. The monoisotopic (exact) mass is 373 g/mol. The highest BCUT2D eigenvalue weighted by Gasteiger charge is 2.54. The highest BCUT2D eigenvalue weighted by Crippen LogP contribution is 2.59. The van der Waals surface area contributed by atoms with Gasteiger partial charge in [-0.15, -0.1) is 0 Å². The summed E-state index contributed by atoms with van der Waals surface area (Å²) in [7, 11) is 0. The molecule has 0 amide bonds. The molecule has 2 N–H and O–H groups in total. The second kappa shape index (κ2) is 5.42. The number of carbonyl (C=O) groups excluding carboxylic acids is 1. The fraction of sp³-hybridized carbons (Fsp3) is 0.0500. The molecule has 0 saturated heterocycles. The Morgan fingerprint density at radius 1 is 0.964 bits per heavy atom. The minimum absolute atomic E-state index is 0.0367. The van der Waals surface area contributed by atoms with Gasteiger partial charge in [0, 0.05) is 28.2 Å². The van der Waals surface area contributed by atoms with Crippen molar-refractivity contribution in [2.45, 2.75) is 5.60 Å². The quantitative estimate of drug-likeness (QED) is 0.279. The van der Waals surface area contributed by atoms with Gasteiger partial charge in [0.25, 0.3) is 0 Å². The normalized spacial score (nSPS) is 18.4. The molecule has 5 rings (SSSR count). The number of fused-ring (bicyclic) bond motifs is 6. The van der Waals surface area contributed by atoms with Crippen LogP contribution in [0.2, 0.25) is 0 Å². The van der Waals surface area contributed by atoms with Crippen LogP contribution >= 0.6 is 0 Å². The number of ether oxygens (including phenoxy) is 2. The maximum absolute atomic E-state index is 12.7. The Balaban J connectivity index is 1.96. The van der Waals surface area contributed by atoms with Crippen molar-refractivity contribution in [3.05, 3.63) is 87.3 Å². The lowest BCUT2D eigenvalue weighted by Gasteiger charge is -2.37. The molecule has 2 heterocycles. The summed E-state index contributed by atoms with van der Waals surface area (Å²) in [4.78, 5) is 15.5. The molecule has 2 aliphatic heterocycles. The van der Waals surface area contributed by atoms with Gasteiger partial charge < -0.3 is 19.7 Å². The maximum Gasteiger partial charge on any atom is 0.340 e. The molecule has 28 heavy (non-hydrogen) atoms. The molecule has 0 saturated carbocycles. The molecule has 8 nitrogen and oxygen atoms in total. The van der Waals surface area contributed by atoms with Crippen LogP contribution in [-0.4, -0.2) is 16.2 Å². The number of hydrogen-bond acceptors (Lipinski definition) is 6. The van der Waals surface area contributed by atoms with Gasteiger partial charge in [0.2, 0.25) is 0 Å². The largest absolute Gasteiger partial charge is 0.508 e. The third-order valence-corrected chi connectivity index (χ3v) is 4.91. The number of azide groups is 1. The summed E-state index contributed by atoms with van der Waals surface area (Å²) in [5.41, 5.74) is 9.34. The second-order valence-corrected chi connectivity index (χ2v) is 6.43. The van der Waals surface area contributed by atoms with E-state index in [0.29, 0.717) is 22.3 Å². The second-order valence-electron chi connectivity index (χ2n) is 6.43. The van der Waals surface area contributed by atoms with Crippen molar-refractivity contribution in [2.75, 3.05) is 0 Å². The summed E-state index contributed by atoms with van der Waals surface area (Å²) in [6, 6.07) is 14.0. The molecular formula is C20H11N3O5. The van der Waals surface area contributed by atoms with Crippen LogP contribution in [0.25, 0.3) is 10.4 Å². The SMILES string of the molecule is [N-]=[N+]=Nc1cc(O)cc2c1C1(OC(=O)c3ccccc31)c1ccc(O)cc1O2. The number of aromatic hydroxyl groups is 2. The van der Waals surface area contributed by atoms with Crippen LogP contribution < -0.4 is 4.74 Å². The summed E-state index contributed by atoms with van der Waals surface area (Å²) in [6.07, 6.45) is 0. The molecule has 8 heteroatoms. The average molecular weight is 373 g/mol. The number of hydrogen-bond donors (Lipinski definition) is 2. The van der Waals surface area contributed by atoms with Crippen molar-refractivity contribution in [1.29, 1.82) is 0 Å². The smallest absolute Gasteiger partial charge is 0.340 e. The third kappa shape index (κ3) is 1.94. The molecule has 1 atom stereocenters. The number of rotatable bonds is 1. The Labute approximate surface area is 157 Å². The molecular weight excluding hydrogens is 362 g/mol. The Morgan fingerprint density at radius 2 is 1.75 bits per heavy atom. The van der Waals surface area contributed by atoms with E-state index in [-0.39, 0.29) is 28.7 Å². The van der Waals surface area contributed by atoms with E-state index in [1.807, 2.05) is 0 Å². The molecule has 0 bridgehead atoms. The Kier molecular flexibility index (Phi) is 3.11. The molecule has 0 radical (unpaired) electrons. The Morgan fingerprint density at radius 3 is 2.57 bits per heavy atom. The summed E-state index contributed by atoms with van der Waals surface area (Å²) in [5.74, 6) is -0.343. The van der Waals surface area contributed by atoms with Gasteiger partial charge >= 0.3 is 5.97 Å². The van der Waals surface area contributed by atoms with E-state index in [1.54, 1.807) is 30.3 Å². The molecule has 0 fully saturated rings. The lowest BCUT2D eigenvalue weighted by Crippen LogP contribution is -2.33. The minimum atomic E-state index is -1.44. The predicted octanol–water partition coefficient (Wildman–Crippen LogP) is 4.61. The van der Waals surface area contributed by atoms with Crippen LogP contribution in [-0.2, 0) is 10.3 Å². The van der Waals surface area contributed by atoms with Gasteiger partial charge in [-0.2, -0.15) is 0 Å². The first-order valence-corrected chi connectivity index (χ1v) is 8.31. The van der Waals surface area contributed by atoms with E-state index in [1.165, 1.54) is 24.3 Å². The van der Waals surface area contributed by atoms with Crippen LogP contribution in [0.1, 0.15) is 27.0 Å². The fourth-order valence-corrected chi connectivity index (χ4v) is 3.89. The molecule has 136 valence electrons. The number of benzene rings is 3. The van der Waals surface area contributed by atoms with Gasteiger partial charge in [-0.05, 0) is 29.8 Å². The van der Waals surface area contributed by atoms with Crippen molar-refractivity contribution in [1.82, 2.24) is 0 Å². The molecule has 2 aliphatic rings. The van der Waals surface area contributed by atoms with Crippen molar-refractivity contribution < 1.29 is 24.5 Å². The van der Waals surface area contributed by atoms with Gasteiger partial charge in [-0.1, -0.05) is 23.3 Å². The summed E-state index contributed by atoms with van der Waals surface area (Å²) >= 11 is 0. The molecule has 1 unspecified atom stereocenters. The first kappa shape index (κ1) is 16.0. The van der Waals surface area contributed by atoms with Crippen LogP contribution in [0.5, 0.6) is 23.0 Å². The number of phenols is 2. The van der Waals surface area contributed by atoms with Crippen molar-refractivity contribution in [3.63, 3.8) is 0 Å². The van der Waals surface area contributed by atoms with E-state index in [9.17, 15) is 15.0 Å². The van der Waals surface area contributed by atoms with Gasteiger partial charge in [0.15, 0.2) is 5.60 Å². The highest BCUT2D eigenvalue weighted by atomic mass is 16.6. The van der Waals surface area contributed by atoms with Crippen molar-refractivity contribution in [2.24, 2.45) is 5.11 Å². The third-order valence-electron chi connectivity index (χ3n) is 4.91. The zero-order valence-electron chi connectivity index (χ0n) is 14.2. The van der Waals surface area contributed by atoms with Gasteiger partial charge in [0.1, 0.15) is 23.0 Å². The molecule has 3 aromatic rings. The van der Waals surface area contributed by atoms with Crippen LogP contribution in [0.15, 0.2) is 59.7 Å². The first-order valence-electron chi connectivity index (χ1n) is 8.31. The molecule has 0 aromatic heterocycles. The summed E-state index contributed by atoms with van der Waals surface area (Å²) in [6.45, 7) is 0. The molecule has 3 aromatic carbocycles. The average Bonchev–Trinajstić information content (AvgIpc) is 2.95. The predicted molar refractivity (Wildman–Crippen MR) is 96.8 cm³/mol.